The number of nitrogens with two attached hydrogens (primary N) is 1. The SMILES string of the molecule is CC(CCCO)NC(=O)C1(C)CCCC1N. The standard InChI is InChI=1S/C12H24N2O2/c1-9(5-4-8-15)14-11(16)12(2)7-3-6-10(12)13/h9-10,15H,3-8,13H2,1-2H3,(H,14,16). The topological polar surface area (TPSA) is 75.3 Å². The second kappa shape index (κ2) is 5.64. The lowest BCUT2D eigenvalue weighted by Crippen LogP contribution is -2.49. The van der Waals surface area contributed by atoms with Crippen LogP contribution in [0.1, 0.15) is 46.0 Å². The summed E-state index contributed by atoms with van der Waals surface area (Å²) in [5.41, 5.74) is 5.59. The number of carbonyl (C=O) groups is 1. The van der Waals surface area contributed by atoms with E-state index in [2.05, 4.69) is 5.32 Å². The Morgan fingerprint density at radius 3 is 2.88 bits per heavy atom. The van der Waals surface area contributed by atoms with Crippen molar-refractivity contribution in [2.75, 3.05) is 6.61 Å². The van der Waals surface area contributed by atoms with Gasteiger partial charge in [0.25, 0.3) is 0 Å². The molecule has 0 radical (unpaired) electrons. The molecule has 0 aromatic carbocycles. The molecule has 1 amide bonds. The second-order valence-corrected chi connectivity index (χ2v) is 5.16. The fraction of sp³-hybridized carbons (Fsp3) is 0.917. The third-order valence-corrected chi connectivity index (χ3v) is 3.72. The Morgan fingerprint density at radius 1 is 1.69 bits per heavy atom. The first-order chi connectivity index (χ1) is 7.50. The lowest BCUT2D eigenvalue weighted by Gasteiger charge is -2.29. The van der Waals surface area contributed by atoms with Crippen LogP contribution in [0.25, 0.3) is 0 Å². The molecule has 0 heterocycles. The lowest BCUT2D eigenvalue weighted by atomic mass is 9.84. The number of carbonyl (C=O) groups excluding carboxylic acids is 1. The highest BCUT2D eigenvalue weighted by molar-refractivity contribution is 5.83. The van der Waals surface area contributed by atoms with E-state index in [1.165, 1.54) is 0 Å². The largest absolute Gasteiger partial charge is 0.396 e. The van der Waals surface area contributed by atoms with E-state index in [1.54, 1.807) is 0 Å². The van der Waals surface area contributed by atoms with E-state index >= 15 is 0 Å². The summed E-state index contributed by atoms with van der Waals surface area (Å²) < 4.78 is 0. The molecular weight excluding hydrogens is 204 g/mol. The molecule has 0 spiro atoms. The smallest absolute Gasteiger partial charge is 0.227 e. The highest BCUT2D eigenvalue weighted by Crippen LogP contribution is 2.36. The molecule has 1 aliphatic rings. The summed E-state index contributed by atoms with van der Waals surface area (Å²) in [5.74, 6) is 0.0722. The van der Waals surface area contributed by atoms with Gasteiger partial charge in [-0.2, -0.15) is 0 Å². The van der Waals surface area contributed by atoms with Crippen molar-refractivity contribution in [1.29, 1.82) is 0 Å². The summed E-state index contributed by atoms with van der Waals surface area (Å²) >= 11 is 0. The molecule has 1 fully saturated rings. The first kappa shape index (κ1) is 13.5. The maximum absolute atomic E-state index is 12.1. The molecule has 0 saturated heterocycles. The minimum absolute atomic E-state index is 0.0162. The fourth-order valence-corrected chi connectivity index (χ4v) is 2.33. The van der Waals surface area contributed by atoms with Crippen LogP contribution in [0, 0.1) is 5.41 Å². The number of hydrogen-bond acceptors (Lipinski definition) is 3. The van der Waals surface area contributed by atoms with Crippen LogP contribution in [0.5, 0.6) is 0 Å². The molecule has 4 N–H and O–H groups in total. The minimum Gasteiger partial charge on any atom is -0.396 e. The van der Waals surface area contributed by atoms with Gasteiger partial charge >= 0.3 is 0 Å². The van der Waals surface area contributed by atoms with Crippen molar-refractivity contribution in [2.45, 2.75) is 58.0 Å². The van der Waals surface area contributed by atoms with E-state index in [4.69, 9.17) is 10.8 Å². The number of aliphatic hydroxyl groups is 1. The summed E-state index contributed by atoms with van der Waals surface area (Å²) in [6.07, 6.45) is 4.40. The van der Waals surface area contributed by atoms with Gasteiger partial charge in [0, 0.05) is 18.7 Å². The average molecular weight is 228 g/mol. The van der Waals surface area contributed by atoms with Gasteiger partial charge in [-0.15, -0.1) is 0 Å². The van der Waals surface area contributed by atoms with Crippen molar-refractivity contribution in [3.63, 3.8) is 0 Å². The number of amides is 1. The van der Waals surface area contributed by atoms with Gasteiger partial charge in [-0.25, -0.2) is 0 Å². The lowest BCUT2D eigenvalue weighted by molar-refractivity contribution is -0.131. The van der Waals surface area contributed by atoms with E-state index in [9.17, 15) is 4.79 Å². The van der Waals surface area contributed by atoms with Crippen LogP contribution in [0.4, 0.5) is 0 Å². The zero-order valence-electron chi connectivity index (χ0n) is 10.3. The van der Waals surface area contributed by atoms with E-state index in [-0.39, 0.29) is 24.6 Å². The molecule has 94 valence electrons. The third kappa shape index (κ3) is 2.95. The summed E-state index contributed by atoms with van der Waals surface area (Å²) in [7, 11) is 0. The molecule has 4 nitrogen and oxygen atoms in total. The molecule has 0 aromatic rings. The van der Waals surface area contributed by atoms with Crippen molar-refractivity contribution in [3.8, 4) is 0 Å². The highest BCUT2D eigenvalue weighted by Gasteiger charge is 2.43. The third-order valence-electron chi connectivity index (χ3n) is 3.72. The predicted molar refractivity (Wildman–Crippen MR) is 63.9 cm³/mol. The highest BCUT2D eigenvalue weighted by atomic mass is 16.3. The van der Waals surface area contributed by atoms with Gasteiger partial charge in [0.05, 0.1) is 5.41 Å². The van der Waals surface area contributed by atoms with Gasteiger partial charge < -0.3 is 16.2 Å². The Labute approximate surface area is 97.6 Å². The van der Waals surface area contributed by atoms with Crippen LogP contribution in [0.2, 0.25) is 0 Å². The Bertz CT molecular complexity index is 245. The van der Waals surface area contributed by atoms with Gasteiger partial charge in [-0.1, -0.05) is 6.42 Å². The Morgan fingerprint density at radius 2 is 2.38 bits per heavy atom. The molecule has 4 heteroatoms. The summed E-state index contributed by atoms with van der Waals surface area (Å²) in [6.45, 7) is 4.10. The Kier molecular flexibility index (Phi) is 4.74. The maximum atomic E-state index is 12.1. The van der Waals surface area contributed by atoms with Crippen molar-refractivity contribution >= 4 is 5.91 Å². The molecule has 1 saturated carbocycles. The number of hydrogen-bond donors (Lipinski definition) is 3. The second-order valence-electron chi connectivity index (χ2n) is 5.16. The first-order valence-corrected chi connectivity index (χ1v) is 6.18. The molecule has 1 rings (SSSR count). The summed E-state index contributed by atoms with van der Waals surface area (Å²) in [4.78, 5) is 12.1. The zero-order chi connectivity index (χ0) is 12.2. The van der Waals surface area contributed by atoms with Crippen LogP contribution in [-0.4, -0.2) is 29.7 Å². The van der Waals surface area contributed by atoms with Crippen LogP contribution in [-0.2, 0) is 4.79 Å². The monoisotopic (exact) mass is 228 g/mol. The van der Waals surface area contributed by atoms with Gasteiger partial charge in [-0.3, -0.25) is 4.79 Å². The molecule has 1 aliphatic carbocycles. The van der Waals surface area contributed by atoms with E-state index in [0.29, 0.717) is 0 Å². The van der Waals surface area contributed by atoms with Crippen LogP contribution in [0.3, 0.4) is 0 Å². The van der Waals surface area contributed by atoms with Crippen LogP contribution < -0.4 is 11.1 Å². The fourth-order valence-electron chi connectivity index (χ4n) is 2.33. The molecule has 0 aliphatic heterocycles. The van der Waals surface area contributed by atoms with Gasteiger partial charge in [0.15, 0.2) is 0 Å². The van der Waals surface area contributed by atoms with Crippen molar-refractivity contribution in [3.05, 3.63) is 0 Å². The van der Waals surface area contributed by atoms with Crippen LogP contribution in [0.15, 0.2) is 0 Å². The minimum atomic E-state index is -0.395. The number of aliphatic hydroxyl groups excluding tert-OH is 1. The number of nitrogens with one attached hydrogen (secondary N) is 1. The van der Waals surface area contributed by atoms with Gasteiger partial charge in [-0.05, 0) is 39.5 Å². The Balaban J connectivity index is 2.45. The molecule has 16 heavy (non-hydrogen) atoms. The van der Waals surface area contributed by atoms with Gasteiger partial charge in [0.1, 0.15) is 0 Å². The normalized spacial score (nSPS) is 31.4. The zero-order valence-corrected chi connectivity index (χ0v) is 10.3. The molecule has 3 unspecified atom stereocenters. The van der Waals surface area contributed by atoms with Crippen molar-refractivity contribution in [2.24, 2.45) is 11.1 Å². The van der Waals surface area contributed by atoms with Gasteiger partial charge in [0.2, 0.25) is 5.91 Å². The average Bonchev–Trinajstić information content (AvgIpc) is 2.57. The molecule has 3 atom stereocenters. The molecule has 0 bridgehead atoms. The summed E-state index contributed by atoms with van der Waals surface area (Å²) in [5, 5.41) is 11.7. The summed E-state index contributed by atoms with van der Waals surface area (Å²) in [6, 6.07) is 0.0989. The molecule has 0 aromatic heterocycles. The maximum Gasteiger partial charge on any atom is 0.227 e. The Hall–Kier alpha value is -0.610. The van der Waals surface area contributed by atoms with Crippen molar-refractivity contribution < 1.29 is 9.90 Å². The number of rotatable bonds is 5. The van der Waals surface area contributed by atoms with Crippen LogP contribution >= 0.6 is 0 Å². The van der Waals surface area contributed by atoms with E-state index in [1.807, 2.05) is 13.8 Å². The van der Waals surface area contributed by atoms with E-state index in [0.717, 1.165) is 32.1 Å². The quantitative estimate of drug-likeness (QED) is 0.651. The first-order valence-electron chi connectivity index (χ1n) is 6.18. The van der Waals surface area contributed by atoms with E-state index < -0.39 is 5.41 Å². The predicted octanol–water partition coefficient (Wildman–Crippen LogP) is 0.781. The molecular formula is C12H24N2O2. The van der Waals surface area contributed by atoms with Crippen molar-refractivity contribution in [1.82, 2.24) is 5.32 Å².